The highest BCUT2D eigenvalue weighted by Crippen LogP contribution is 2.28. The SMILES string of the molecule is Cn1cc(COc2ccccc2Cl)c2c(CN)cccc21. The van der Waals surface area contributed by atoms with Crippen molar-refractivity contribution in [2.45, 2.75) is 13.2 Å². The summed E-state index contributed by atoms with van der Waals surface area (Å²) in [5.74, 6) is 0.696. The van der Waals surface area contributed by atoms with E-state index in [2.05, 4.69) is 22.9 Å². The number of benzene rings is 2. The molecule has 0 bridgehead atoms. The van der Waals surface area contributed by atoms with E-state index in [0.717, 1.165) is 16.6 Å². The molecule has 21 heavy (non-hydrogen) atoms. The van der Waals surface area contributed by atoms with Crippen molar-refractivity contribution >= 4 is 22.5 Å². The molecule has 0 aliphatic carbocycles. The van der Waals surface area contributed by atoms with E-state index in [1.54, 1.807) is 0 Å². The number of rotatable bonds is 4. The van der Waals surface area contributed by atoms with Crippen LogP contribution in [0.1, 0.15) is 11.1 Å². The quantitative estimate of drug-likeness (QED) is 0.794. The van der Waals surface area contributed by atoms with Gasteiger partial charge in [0.2, 0.25) is 0 Å². The molecule has 0 fully saturated rings. The maximum atomic E-state index is 6.12. The van der Waals surface area contributed by atoms with Gasteiger partial charge in [-0.2, -0.15) is 0 Å². The summed E-state index contributed by atoms with van der Waals surface area (Å²) >= 11 is 6.12. The number of halogens is 1. The fraction of sp³-hybridized carbons (Fsp3) is 0.176. The van der Waals surface area contributed by atoms with Crippen molar-refractivity contribution in [3.05, 3.63) is 64.8 Å². The van der Waals surface area contributed by atoms with E-state index in [4.69, 9.17) is 22.1 Å². The lowest BCUT2D eigenvalue weighted by Gasteiger charge is -2.08. The third kappa shape index (κ3) is 2.62. The third-order valence-electron chi connectivity index (χ3n) is 3.62. The molecule has 0 aliphatic heterocycles. The number of nitrogens with zero attached hydrogens (tertiary/aromatic N) is 1. The van der Waals surface area contributed by atoms with Gasteiger partial charge in [-0.1, -0.05) is 35.9 Å². The van der Waals surface area contributed by atoms with Crippen LogP contribution in [0.15, 0.2) is 48.7 Å². The number of hydrogen-bond acceptors (Lipinski definition) is 2. The van der Waals surface area contributed by atoms with E-state index in [1.807, 2.05) is 37.4 Å². The fourth-order valence-electron chi connectivity index (χ4n) is 2.62. The summed E-state index contributed by atoms with van der Waals surface area (Å²) in [7, 11) is 2.03. The Labute approximate surface area is 128 Å². The minimum atomic E-state index is 0.470. The molecule has 4 heteroatoms. The summed E-state index contributed by atoms with van der Waals surface area (Å²) in [6.45, 7) is 0.985. The Morgan fingerprint density at radius 1 is 1.10 bits per heavy atom. The molecule has 0 atom stereocenters. The lowest BCUT2D eigenvalue weighted by Crippen LogP contribution is -2.00. The number of aryl methyl sites for hydroxylation is 1. The summed E-state index contributed by atoms with van der Waals surface area (Å²) in [4.78, 5) is 0. The third-order valence-corrected chi connectivity index (χ3v) is 3.93. The van der Waals surface area contributed by atoms with Crippen molar-refractivity contribution in [2.24, 2.45) is 12.8 Å². The molecule has 3 aromatic rings. The summed E-state index contributed by atoms with van der Waals surface area (Å²) in [5.41, 5.74) is 9.27. The van der Waals surface area contributed by atoms with Gasteiger partial charge in [0.05, 0.1) is 5.02 Å². The second kappa shape index (κ2) is 5.80. The van der Waals surface area contributed by atoms with Gasteiger partial charge in [-0.3, -0.25) is 0 Å². The van der Waals surface area contributed by atoms with Crippen LogP contribution in [0.5, 0.6) is 5.75 Å². The number of nitrogens with two attached hydrogens (primary N) is 1. The first-order chi connectivity index (χ1) is 10.2. The zero-order valence-electron chi connectivity index (χ0n) is 11.8. The van der Waals surface area contributed by atoms with Crippen LogP contribution >= 0.6 is 11.6 Å². The first-order valence-corrected chi connectivity index (χ1v) is 7.21. The van der Waals surface area contributed by atoms with Crippen LogP contribution in [0.4, 0.5) is 0 Å². The van der Waals surface area contributed by atoms with Gasteiger partial charge in [-0.15, -0.1) is 0 Å². The van der Waals surface area contributed by atoms with Crippen molar-refractivity contribution in [1.29, 1.82) is 0 Å². The van der Waals surface area contributed by atoms with Crippen LogP contribution < -0.4 is 10.5 Å². The zero-order valence-corrected chi connectivity index (χ0v) is 12.6. The molecular weight excluding hydrogens is 284 g/mol. The molecule has 1 aromatic heterocycles. The normalized spacial score (nSPS) is 11.0. The van der Waals surface area contributed by atoms with E-state index < -0.39 is 0 Å². The van der Waals surface area contributed by atoms with Gasteiger partial charge in [0.15, 0.2) is 0 Å². The molecule has 0 saturated heterocycles. The number of fused-ring (bicyclic) bond motifs is 1. The van der Waals surface area contributed by atoms with Gasteiger partial charge < -0.3 is 15.0 Å². The van der Waals surface area contributed by atoms with E-state index in [0.29, 0.717) is 23.9 Å². The number of hydrogen-bond donors (Lipinski definition) is 1. The predicted octanol–water partition coefficient (Wildman–Crippen LogP) is 3.87. The van der Waals surface area contributed by atoms with Crippen molar-refractivity contribution in [3.8, 4) is 5.75 Å². The lowest BCUT2D eigenvalue weighted by molar-refractivity contribution is 0.307. The van der Waals surface area contributed by atoms with Gasteiger partial charge in [-0.25, -0.2) is 0 Å². The molecule has 0 radical (unpaired) electrons. The molecule has 0 unspecified atom stereocenters. The van der Waals surface area contributed by atoms with E-state index >= 15 is 0 Å². The van der Waals surface area contributed by atoms with Gasteiger partial charge in [0.25, 0.3) is 0 Å². The number of para-hydroxylation sites is 1. The molecule has 0 aliphatic rings. The van der Waals surface area contributed by atoms with Gasteiger partial charge >= 0.3 is 0 Å². The Morgan fingerprint density at radius 2 is 1.90 bits per heavy atom. The summed E-state index contributed by atoms with van der Waals surface area (Å²) < 4.78 is 7.95. The topological polar surface area (TPSA) is 40.2 Å². The Bertz CT molecular complexity index is 780. The molecular formula is C17H17ClN2O. The van der Waals surface area contributed by atoms with Crippen LogP contribution in [-0.4, -0.2) is 4.57 Å². The smallest absolute Gasteiger partial charge is 0.138 e. The summed E-state index contributed by atoms with van der Waals surface area (Å²) in [6.07, 6.45) is 2.08. The monoisotopic (exact) mass is 300 g/mol. The Morgan fingerprint density at radius 3 is 2.67 bits per heavy atom. The molecule has 0 spiro atoms. The van der Waals surface area contributed by atoms with Gasteiger partial charge in [0.1, 0.15) is 12.4 Å². The van der Waals surface area contributed by atoms with Gasteiger partial charge in [0, 0.05) is 36.3 Å². The van der Waals surface area contributed by atoms with Crippen molar-refractivity contribution in [3.63, 3.8) is 0 Å². The maximum Gasteiger partial charge on any atom is 0.138 e. The maximum absolute atomic E-state index is 6.12. The highest BCUT2D eigenvalue weighted by molar-refractivity contribution is 6.32. The average molecular weight is 301 g/mol. The van der Waals surface area contributed by atoms with E-state index in [9.17, 15) is 0 Å². The minimum absolute atomic E-state index is 0.470. The van der Waals surface area contributed by atoms with Gasteiger partial charge in [-0.05, 0) is 23.8 Å². The first kappa shape index (κ1) is 14.0. The fourth-order valence-corrected chi connectivity index (χ4v) is 2.81. The van der Waals surface area contributed by atoms with Crippen LogP contribution in [-0.2, 0) is 20.2 Å². The molecule has 2 N–H and O–H groups in total. The predicted molar refractivity (Wildman–Crippen MR) is 86.6 cm³/mol. The molecule has 0 saturated carbocycles. The molecule has 2 aromatic carbocycles. The number of ether oxygens (including phenoxy) is 1. The van der Waals surface area contributed by atoms with Crippen LogP contribution in [0, 0.1) is 0 Å². The van der Waals surface area contributed by atoms with Crippen molar-refractivity contribution in [1.82, 2.24) is 4.57 Å². The van der Waals surface area contributed by atoms with Crippen LogP contribution in [0.3, 0.4) is 0 Å². The first-order valence-electron chi connectivity index (χ1n) is 6.84. The second-order valence-corrected chi connectivity index (χ2v) is 5.41. The Kier molecular flexibility index (Phi) is 3.86. The minimum Gasteiger partial charge on any atom is -0.487 e. The molecule has 108 valence electrons. The number of aromatic nitrogens is 1. The Balaban J connectivity index is 1.96. The van der Waals surface area contributed by atoms with Crippen molar-refractivity contribution in [2.75, 3.05) is 0 Å². The summed E-state index contributed by atoms with van der Waals surface area (Å²) in [5, 5.41) is 1.80. The molecule has 3 rings (SSSR count). The Hall–Kier alpha value is -1.97. The average Bonchev–Trinajstić information content (AvgIpc) is 2.83. The lowest BCUT2D eigenvalue weighted by atomic mass is 10.1. The van der Waals surface area contributed by atoms with Crippen LogP contribution in [0.25, 0.3) is 10.9 Å². The summed E-state index contributed by atoms with van der Waals surface area (Å²) in [6, 6.07) is 13.7. The highest BCUT2D eigenvalue weighted by atomic mass is 35.5. The van der Waals surface area contributed by atoms with E-state index in [1.165, 1.54) is 5.39 Å². The second-order valence-electron chi connectivity index (χ2n) is 5.00. The molecule has 0 amide bonds. The largest absolute Gasteiger partial charge is 0.487 e. The molecule has 3 nitrogen and oxygen atoms in total. The van der Waals surface area contributed by atoms with E-state index in [-0.39, 0.29) is 0 Å². The van der Waals surface area contributed by atoms with Crippen molar-refractivity contribution < 1.29 is 4.74 Å². The zero-order chi connectivity index (χ0) is 14.8. The van der Waals surface area contributed by atoms with Crippen LogP contribution in [0.2, 0.25) is 5.02 Å². The molecule has 1 heterocycles. The standard InChI is InChI=1S/C17H17ClN2O/c1-20-10-13(11-21-16-8-3-2-6-14(16)18)17-12(9-19)5-4-7-15(17)20/h2-8,10H,9,11,19H2,1H3. The highest BCUT2D eigenvalue weighted by Gasteiger charge is 2.11.